The number of hydrogen-bond donors (Lipinski definition) is 1. The highest BCUT2D eigenvalue weighted by Crippen LogP contribution is 2.28. The van der Waals surface area contributed by atoms with Gasteiger partial charge in [0.1, 0.15) is 5.82 Å². The van der Waals surface area contributed by atoms with Crippen LogP contribution in [0.2, 0.25) is 5.02 Å². The molecule has 2 rings (SSSR count). The summed E-state index contributed by atoms with van der Waals surface area (Å²) in [6.07, 6.45) is 0. The molecule has 0 aromatic heterocycles. The van der Waals surface area contributed by atoms with Crippen LogP contribution in [-0.2, 0) is 0 Å². The SMILES string of the molecule is CC(C)C1CN=C(Nc2ccc(Cl)c(F)c2)S1. The molecule has 1 unspecified atom stereocenters. The van der Waals surface area contributed by atoms with Crippen molar-refractivity contribution in [3.63, 3.8) is 0 Å². The minimum absolute atomic E-state index is 0.136. The van der Waals surface area contributed by atoms with Crippen molar-refractivity contribution < 1.29 is 4.39 Å². The average Bonchev–Trinajstić information content (AvgIpc) is 2.72. The summed E-state index contributed by atoms with van der Waals surface area (Å²) in [4.78, 5) is 4.40. The summed E-state index contributed by atoms with van der Waals surface area (Å²) in [7, 11) is 0. The third kappa shape index (κ3) is 3.13. The molecule has 1 aliphatic rings. The van der Waals surface area contributed by atoms with Gasteiger partial charge in [0.2, 0.25) is 0 Å². The van der Waals surface area contributed by atoms with Crippen molar-refractivity contribution in [2.75, 3.05) is 11.9 Å². The molecular weight excluding hydrogens is 259 g/mol. The van der Waals surface area contributed by atoms with Crippen LogP contribution in [0.1, 0.15) is 13.8 Å². The van der Waals surface area contributed by atoms with E-state index in [1.807, 2.05) is 0 Å². The number of amidine groups is 1. The van der Waals surface area contributed by atoms with Crippen molar-refractivity contribution in [3.8, 4) is 0 Å². The normalized spacial score (nSPS) is 19.6. The number of benzene rings is 1. The van der Waals surface area contributed by atoms with Gasteiger partial charge in [0, 0.05) is 10.9 Å². The molecule has 1 atom stereocenters. The summed E-state index contributed by atoms with van der Waals surface area (Å²) < 4.78 is 13.2. The van der Waals surface area contributed by atoms with Crippen LogP contribution in [0.15, 0.2) is 23.2 Å². The van der Waals surface area contributed by atoms with Gasteiger partial charge >= 0.3 is 0 Å². The number of hydrogen-bond acceptors (Lipinski definition) is 3. The van der Waals surface area contributed by atoms with Gasteiger partial charge in [0.15, 0.2) is 5.17 Å². The lowest BCUT2D eigenvalue weighted by molar-refractivity contribution is 0.621. The standard InChI is InChI=1S/C12H14ClFN2S/c1-7(2)11-6-15-12(17-11)16-8-3-4-9(13)10(14)5-8/h3-5,7,11H,6H2,1-2H3,(H,15,16). The van der Waals surface area contributed by atoms with Crippen molar-refractivity contribution in [2.24, 2.45) is 10.9 Å². The average molecular weight is 273 g/mol. The smallest absolute Gasteiger partial charge is 0.161 e. The van der Waals surface area contributed by atoms with Crippen molar-refractivity contribution >= 4 is 34.2 Å². The molecule has 0 spiro atoms. The van der Waals surface area contributed by atoms with E-state index in [1.165, 1.54) is 6.07 Å². The van der Waals surface area contributed by atoms with Gasteiger partial charge in [-0.3, -0.25) is 4.99 Å². The first kappa shape index (κ1) is 12.7. The Labute approximate surface area is 110 Å². The van der Waals surface area contributed by atoms with Gasteiger partial charge in [-0.2, -0.15) is 0 Å². The molecule has 92 valence electrons. The van der Waals surface area contributed by atoms with Crippen LogP contribution in [0.25, 0.3) is 0 Å². The molecule has 1 N–H and O–H groups in total. The largest absolute Gasteiger partial charge is 0.335 e. The maximum Gasteiger partial charge on any atom is 0.161 e. The molecule has 2 nitrogen and oxygen atoms in total. The summed E-state index contributed by atoms with van der Waals surface area (Å²) in [5, 5.41) is 4.61. The molecule has 0 bridgehead atoms. The van der Waals surface area contributed by atoms with Crippen LogP contribution in [0.3, 0.4) is 0 Å². The van der Waals surface area contributed by atoms with Gasteiger partial charge in [-0.1, -0.05) is 37.2 Å². The molecule has 1 aromatic carbocycles. The van der Waals surface area contributed by atoms with Crippen LogP contribution in [0, 0.1) is 11.7 Å². The van der Waals surface area contributed by atoms with E-state index in [0.717, 1.165) is 11.7 Å². The monoisotopic (exact) mass is 272 g/mol. The number of halogens is 2. The lowest BCUT2D eigenvalue weighted by Gasteiger charge is -2.12. The number of nitrogens with zero attached hydrogens (tertiary/aromatic N) is 1. The van der Waals surface area contributed by atoms with Gasteiger partial charge in [0.05, 0.1) is 11.6 Å². The van der Waals surface area contributed by atoms with Crippen molar-refractivity contribution in [1.82, 2.24) is 0 Å². The summed E-state index contributed by atoms with van der Waals surface area (Å²) in [5.74, 6) is 0.172. The number of rotatable bonds is 2. The number of anilines is 1. The lowest BCUT2D eigenvalue weighted by Crippen LogP contribution is -2.13. The molecule has 5 heteroatoms. The highest BCUT2D eigenvalue weighted by molar-refractivity contribution is 8.15. The number of aliphatic imine (C=N–C) groups is 1. The van der Waals surface area contributed by atoms with Crippen molar-refractivity contribution in [2.45, 2.75) is 19.1 Å². The molecule has 1 aliphatic heterocycles. The Bertz CT molecular complexity index is 448. The van der Waals surface area contributed by atoms with Crippen LogP contribution in [0.4, 0.5) is 10.1 Å². The fourth-order valence-corrected chi connectivity index (χ4v) is 2.66. The first-order valence-electron chi connectivity index (χ1n) is 5.49. The van der Waals surface area contributed by atoms with Crippen LogP contribution < -0.4 is 5.32 Å². The maximum absolute atomic E-state index is 13.2. The second kappa shape index (κ2) is 5.27. The molecule has 0 saturated heterocycles. The van der Waals surface area contributed by atoms with E-state index < -0.39 is 5.82 Å². The Kier molecular flexibility index (Phi) is 3.94. The second-order valence-electron chi connectivity index (χ2n) is 4.30. The summed E-state index contributed by atoms with van der Waals surface area (Å²) in [6.45, 7) is 5.18. The van der Waals surface area contributed by atoms with Gasteiger partial charge in [0.25, 0.3) is 0 Å². The fraction of sp³-hybridized carbons (Fsp3) is 0.417. The molecule has 0 radical (unpaired) electrons. The van der Waals surface area contributed by atoms with Crippen molar-refractivity contribution in [1.29, 1.82) is 0 Å². The zero-order valence-corrected chi connectivity index (χ0v) is 11.3. The number of thioether (sulfide) groups is 1. The predicted molar refractivity (Wildman–Crippen MR) is 73.6 cm³/mol. The zero-order chi connectivity index (χ0) is 12.4. The van der Waals surface area contributed by atoms with E-state index in [0.29, 0.717) is 16.9 Å². The highest BCUT2D eigenvalue weighted by atomic mass is 35.5. The molecular formula is C12H14ClFN2S. The first-order chi connectivity index (χ1) is 8.06. The molecule has 1 heterocycles. The van der Waals surface area contributed by atoms with E-state index in [9.17, 15) is 4.39 Å². The Morgan fingerprint density at radius 1 is 1.53 bits per heavy atom. The predicted octanol–water partition coefficient (Wildman–Crippen LogP) is 4.02. The van der Waals surface area contributed by atoms with Gasteiger partial charge < -0.3 is 5.32 Å². The van der Waals surface area contributed by atoms with E-state index in [-0.39, 0.29) is 5.02 Å². The second-order valence-corrected chi connectivity index (χ2v) is 5.94. The van der Waals surface area contributed by atoms with Gasteiger partial charge in [-0.05, 0) is 24.1 Å². The Morgan fingerprint density at radius 2 is 2.29 bits per heavy atom. The summed E-state index contributed by atoms with van der Waals surface area (Å²) in [5.41, 5.74) is 0.683. The van der Waals surface area contributed by atoms with Crippen LogP contribution >= 0.6 is 23.4 Å². The van der Waals surface area contributed by atoms with E-state index in [4.69, 9.17) is 11.6 Å². The topological polar surface area (TPSA) is 24.4 Å². The third-order valence-corrected chi connectivity index (χ3v) is 4.35. The Hall–Kier alpha value is -0.740. The maximum atomic E-state index is 13.2. The Balaban J connectivity index is 2.00. The summed E-state index contributed by atoms with van der Waals surface area (Å²) >= 11 is 7.33. The van der Waals surface area contributed by atoms with E-state index >= 15 is 0 Å². The molecule has 0 aliphatic carbocycles. The minimum Gasteiger partial charge on any atom is -0.335 e. The zero-order valence-electron chi connectivity index (χ0n) is 9.71. The van der Waals surface area contributed by atoms with Gasteiger partial charge in [-0.25, -0.2) is 4.39 Å². The molecule has 0 amide bonds. The molecule has 17 heavy (non-hydrogen) atoms. The van der Waals surface area contributed by atoms with Gasteiger partial charge in [-0.15, -0.1) is 0 Å². The van der Waals surface area contributed by atoms with E-state index in [2.05, 4.69) is 24.2 Å². The summed E-state index contributed by atoms with van der Waals surface area (Å²) in [6, 6.07) is 4.67. The number of nitrogens with one attached hydrogen (secondary N) is 1. The first-order valence-corrected chi connectivity index (χ1v) is 6.75. The third-order valence-electron chi connectivity index (χ3n) is 2.59. The quantitative estimate of drug-likeness (QED) is 0.879. The highest BCUT2D eigenvalue weighted by Gasteiger charge is 2.22. The lowest BCUT2D eigenvalue weighted by atomic mass is 10.1. The van der Waals surface area contributed by atoms with Crippen LogP contribution in [0.5, 0.6) is 0 Å². The van der Waals surface area contributed by atoms with Crippen molar-refractivity contribution in [3.05, 3.63) is 29.0 Å². The molecule has 0 fully saturated rings. The minimum atomic E-state index is -0.416. The fourth-order valence-electron chi connectivity index (χ4n) is 1.50. The Morgan fingerprint density at radius 3 is 2.88 bits per heavy atom. The van der Waals surface area contributed by atoms with E-state index in [1.54, 1.807) is 23.9 Å². The molecule has 1 aromatic rings. The molecule has 0 saturated carbocycles. The van der Waals surface area contributed by atoms with Crippen LogP contribution in [-0.4, -0.2) is 17.0 Å².